The number of benzene rings is 1. The minimum absolute atomic E-state index is 0.0116. The number of carbonyl (C=O) groups is 1. The molecule has 1 unspecified atom stereocenters. The van der Waals surface area contributed by atoms with Crippen molar-refractivity contribution in [2.75, 3.05) is 0 Å². The quantitative estimate of drug-likeness (QED) is 0.846. The maximum absolute atomic E-state index is 12.2. The van der Waals surface area contributed by atoms with Crippen molar-refractivity contribution in [3.8, 4) is 0 Å². The van der Waals surface area contributed by atoms with Gasteiger partial charge in [0, 0.05) is 6.42 Å². The molecule has 0 saturated carbocycles. The van der Waals surface area contributed by atoms with Gasteiger partial charge in [0.15, 0.2) is 0 Å². The molecule has 0 fully saturated rings. The molecule has 0 aliphatic carbocycles. The summed E-state index contributed by atoms with van der Waals surface area (Å²) >= 11 is 0. The van der Waals surface area contributed by atoms with Crippen LogP contribution in [0.25, 0.3) is 0 Å². The highest BCUT2D eigenvalue weighted by atomic mass is 19.4. The molecular formula is C14H17F3O2. The van der Waals surface area contributed by atoms with E-state index in [1.54, 1.807) is 37.3 Å². The summed E-state index contributed by atoms with van der Waals surface area (Å²) in [5.41, 5.74) is -0.667. The van der Waals surface area contributed by atoms with Crippen LogP contribution in [0.15, 0.2) is 30.3 Å². The average molecular weight is 274 g/mol. The van der Waals surface area contributed by atoms with Gasteiger partial charge < -0.3 is 5.11 Å². The summed E-state index contributed by atoms with van der Waals surface area (Å²) in [6.45, 7) is 1.69. The molecule has 0 aliphatic heterocycles. The summed E-state index contributed by atoms with van der Waals surface area (Å²) < 4.78 is 36.6. The molecule has 0 spiro atoms. The Hall–Kier alpha value is -1.52. The van der Waals surface area contributed by atoms with Gasteiger partial charge in [-0.15, -0.1) is 0 Å². The van der Waals surface area contributed by atoms with Crippen molar-refractivity contribution in [2.24, 2.45) is 0 Å². The van der Waals surface area contributed by atoms with Gasteiger partial charge >= 0.3 is 12.1 Å². The zero-order valence-electron chi connectivity index (χ0n) is 10.7. The van der Waals surface area contributed by atoms with Crippen LogP contribution in [0.1, 0.15) is 38.2 Å². The third kappa shape index (κ3) is 3.98. The molecule has 1 aromatic carbocycles. The first kappa shape index (κ1) is 15.5. The number of aliphatic carboxylic acids is 1. The van der Waals surface area contributed by atoms with Crippen LogP contribution in [0.2, 0.25) is 0 Å². The fourth-order valence-corrected chi connectivity index (χ4v) is 2.25. The maximum atomic E-state index is 12.2. The van der Waals surface area contributed by atoms with E-state index in [4.69, 9.17) is 0 Å². The molecular weight excluding hydrogens is 257 g/mol. The third-order valence-corrected chi connectivity index (χ3v) is 3.40. The van der Waals surface area contributed by atoms with E-state index >= 15 is 0 Å². The molecule has 0 saturated heterocycles. The van der Waals surface area contributed by atoms with E-state index in [9.17, 15) is 23.1 Å². The molecule has 5 heteroatoms. The number of carboxylic acids is 1. The van der Waals surface area contributed by atoms with E-state index in [2.05, 4.69) is 0 Å². The number of alkyl halides is 3. The number of rotatable bonds is 6. The molecule has 0 aliphatic rings. The SMILES string of the molecule is CCC(CCCC(F)(F)F)(C(=O)O)c1ccccc1. The van der Waals surface area contributed by atoms with E-state index in [-0.39, 0.29) is 19.3 Å². The Bertz CT molecular complexity index is 414. The molecule has 1 rings (SSSR count). The lowest BCUT2D eigenvalue weighted by Gasteiger charge is -2.29. The van der Waals surface area contributed by atoms with Gasteiger partial charge in [0.2, 0.25) is 0 Å². The van der Waals surface area contributed by atoms with Gasteiger partial charge in [-0.3, -0.25) is 4.79 Å². The Kier molecular flexibility index (Phi) is 4.97. The smallest absolute Gasteiger partial charge is 0.389 e. The molecule has 106 valence electrons. The predicted octanol–water partition coefficient (Wildman–Crippen LogP) is 4.15. The molecule has 0 aromatic heterocycles. The van der Waals surface area contributed by atoms with Crippen molar-refractivity contribution in [3.05, 3.63) is 35.9 Å². The molecule has 19 heavy (non-hydrogen) atoms. The first-order valence-electron chi connectivity index (χ1n) is 6.17. The molecule has 0 amide bonds. The van der Waals surface area contributed by atoms with Crippen molar-refractivity contribution in [1.82, 2.24) is 0 Å². The number of hydrogen-bond acceptors (Lipinski definition) is 1. The number of halogens is 3. The van der Waals surface area contributed by atoms with E-state index < -0.39 is 24.0 Å². The lowest BCUT2D eigenvalue weighted by Crippen LogP contribution is -2.35. The molecule has 1 N–H and O–H groups in total. The van der Waals surface area contributed by atoms with Crippen LogP contribution in [-0.4, -0.2) is 17.3 Å². The Morgan fingerprint density at radius 3 is 2.16 bits per heavy atom. The molecule has 0 bridgehead atoms. The fourth-order valence-electron chi connectivity index (χ4n) is 2.25. The summed E-state index contributed by atoms with van der Waals surface area (Å²) in [7, 11) is 0. The Labute approximate surface area is 110 Å². The summed E-state index contributed by atoms with van der Waals surface area (Å²) in [6.07, 6.45) is -5.12. The third-order valence-electron chi connectivity index (χ3n) is 3.40. The molecule has 1 atom stereocenters. The van der Waals surface area contributed by atoms with Crippen LogP contribution in [0.3, 0.4) is 0 Å². The highest BCUT2D eigenvalue weighted by Gasteiger charge is 2.39. The second-order valence-corrected chi connectivity index (χ2v) is 4.58. The second-order valence-electron chi connectivity index (χ2n) is 4.58. The fraction of sp³-hybridized carbons (Fsp3) is 0.500. The zero-order valence-corrected chi connectivity index (χ0v) is 10.7. The van der Waals surface area contributed by atoms with Crippen LogP contribution in [-0.2, 0) is 10.2 Å². The van der Waals surface area contributed by atoms with Crippen molar-refractivity contribution < 1.29 is 23.1 Å². The van der Waals surface area contributed by atoms with Crippen LogP contribution in [0.5, 0.6) is 0 Å². The van der Waals surface area contributed by atoms with E-state index in [0.717, 1.165) is 0 Å². The molecule has 2 nitrogen and oxygen atoms in total. The monoisotopic (exact) mass is 274 g/mol. The first-order chi connectivity index (χ1) is 8.82. The van der Waals surface area contributed by atoms with Crippen LogP contribution in [0, 0.1) is 0 Å². The van der Waals surface area contributed by atoms with Gasteiger partial charge in [-0.1, -0.05) is 37.3 Å². The van der Waals surface area contributed by atoms with Crippen molar-refractivity contribution in [3.63, 3.8) is 0 Å². The normalized spacial score (nSPS) is 14.9. The largest absolute Gasteiger partial charge is 0.481 e. The van der Waals surface area contributed by atoms with Crippen LogP contribution < -0.4 is 0 Å². The highest BCUT2D eigenvalue weighted by Crippen LogP contribution is 2.35. The number of carboxylic acid groups (broad SMARTS) is 1. The van der Waals surface area contributed by atoms with Crippen molar-refractivity contribution in [2.45, 2.75) is 44.2 Å². The molecule has 1 aromatic rings. The van der Waals surface area contributed by atoms with E-state index in [1.165, 1.54) is 0 Å². The number of hydrogen-bond donors (Lipinski definition) is 1. The zero-order chi connectivity index (χ0) is 14.5. The van der Waals surface area contributed by atoms with E-state index in [1.807, 2.05) is 0 Å². The maximum Gasteiger partial charge on any atom is 0.389 e. The summed E-state index contributed by atoms with van der Waals surface area (Å²) in [5.74, 6) is -1.07. The van der Waals surface area contributed by atoms with Crippen molar-refractivity contribution >= 4 is 5.97 Å². The summed E-state index contributed by atoms with van der Waals surface area (Å²) in [4.78, 5) is 11.5. The average Bonchev–Trinajstić information content (AvgIpc) is 2.34. The first-order valence-corrected chi connectivity index (χ1v) is 6.17. The minimum Gasteiger partial charge on any atom is -0.481 e. The Balaban J connectivity index is 2.92. The Morgan fingerprint density at radius 2 is 1.74 bits per heavy atom. The standard InChI is InChI=1S/C14H17F3O2/c1-2-13(12(18)19,9-6-10-14(15,16)17)11-7-4-3-5-8-11/h3-5,7-8H,2,6,9-10H2,1H3,(H,18,19). The summed E-state index contributed by atoms with van der Waals surface area (Å²) in [6, 6.07) is 8.47. The highest BCUT2D eigenvalue weighted by molar-refractivity contribution is 5.81. The lowest BCUT2D eigenvalue weighted by atomic mass is 9.74. The Morgan fingerprint density at radius 1 is 1.16 bits per heavy atom. The molecule has 0 heterocycles. The van der Waals surface area contributed by atoms with Gasteiger partial charge in [-0.05, 0) is 24.8 Å². The van der Waals surface area contributed by atoms with Gasteiger partial charge in [-0.25, -0.2) is 0 Å². The van der Waals surface area contributed by atoms with E-state index in [0.29, 0.717) is 5.56 Å². The topological polar surface area (TPSA) is 37.3 Å². The summed E-state index contributed by atoms with van der Waals surface area (Å²) in [5, 5.41) is 9.43. The lowest BCUT2D eigenvalue weighted by molar-refractivity contribution is -0.147. The van der Waals surface area contributed by atoms with Crippen LogP contribution >= 0.6 is 0 Å². The minimum atomic E-state index is -4.24. The van der Waals surface area contributed by atoms with Gasteiger partial charge in [0.25, 0.3) is 0 Å². The molecule has 0 radical (unpaired) electrons. The predicted molar refractivity (Wildman–Crippen MR) is 66.0 cm³/mol. The van der Waals surface area contributed by atoms with Gasteiger partial charge in [0.05, 0.1) is 5.41 Å². The van der Waals surface area contributed by atoms with Gasteiger partial charge in [-0.2, -0.15) is 13.2 Å². The van der Waals surface area contributed by atoms with Crippen molar-refractivity contribution in [1.29, 1.82) is 0 Å². The van der Waals surface area contributed by atoms with Gasteiger partial charge in [0.1, 0.15) is 0 Å². The second kappa shape index (κ2) is 6.08. The van der Waals surface area contributed by atoms with Crippen LogP contribution in [0.4, 0.5) is 13.2 Å².